The van der Waals surface area contributed by atoms with Crippen molar-refractivity contribution in [1.82, 2.24) is 4.90 Å². The molecule has 0 radical (unpaired) electrons. The molecule has 1 heterocycles. The molecular weight excluding hydrogens is 254 g/mol. The second-order valence-electron chi connectivity index (χ2n) is 5.83. The lowest BCUT2D eigenvalue weighted by Crippen LogP contribution is -2.39. The first kappa shape index (κ1) is 14.4. The first-order valence-electron chi connectivity index (χ1n) is 6.77. The largest absolute Gasteiger partial charge is 0.399 e. The molecule has 108 valence electrons. The van der Waals surface area contributed by atoms with Crippen molar-refractivity contribution in [2.75, 3.05) is 18.8 Å². The van der Waals surface area contributed by atoms with E-state index in [0.717, 1.165) is 5.56 Å². The molecule has 0 saturated carbocycles. The van der Waals surface area contributed by atoms with Crippen molar-refractivity contribution in [3.8, 4) is 0 Å². The van der Waals surface area contributed by atoms with Crippen LogP contribution in [0.1, 0.15) is 31.7 Å². The summed E-state index contributed by atoms with van der Waals surface area (Å²) in [7, 11) is 0. The third-order valence-electron chi connectivity index (χ3n) is 4.16. The number of nitrogens with two attached hydrogens (primary N) is 2. The smallest absolute Gasteiger partial charge is 0.229 e. The monoisotopic (exact) mass is 275 g/mol. The molecule has 0 spiro atoms. The molecule has 0 bridgehead atoms. The normalized spacial score (nSPS) is 23.6. The van der Waals surface area contributed by atoms with Gasteiger partial charge >= 0.3 is 0 Å². The van der Waals surface area contributed by atoms with Gasteiger partial charge in [-0.1, -0.05) is 12.1 Å². The molecule has 2 rings (SSSR count). The van der Waals surface area contributed by atoms with Gasteiger partial charge in [-0.15, -0.1) is 0 Å². The van der Waals surface area contributed by atoms with E-state index < -0.39 is 5.41 Å². The Balaban J connectivity index is 2.11. The lowest BCUT2D eigenvalue weighted by Gasteiger charge is -2.24. The van der Waals surface area contributed by atoms with Gasteiger partial charge in [0.15, 0.2) is 0 Å². The van der Waals surface area contributed by atoms with E-state index in [4.69, 9.17) is 11.5 Å². The van der Waals surface area contributed by atoms with Gasteiger partial charge in [0, 0.05) is 18.8 Å². The van der Waals surface area contributed by atoms with Crippen LogP contribution in [0.15, 0.2) is 24.3 Å². The molecule has 2 amide bonds. The Morgan fingerprint density at radius 2 is 2.10 bits per heavy atom. The summed E-state index contributed by atoms with van der Waals surface area (Å²) in [6.45, 7) is 4.64. The maximum Gasteiger partial charge on any atom is 0.229 e. The van der Waals surface area contributed by atoms with E-state index in [-0.39, 0.29) is 17.7 Å². The third kappa shape index (κ3) is 2.61. The first-order chi connectivity index (χ1) is 9.33. The Morgan fingerprint density at radius 1 is 1.40 bits per heavy atom. The number of amides is 2. The average molecular weight is 275 g/mol. The number of nitrogen functional groups attached to an aromatic ring is 1. The standard InChI is InChI=1S/C15H21N3O2/c1-10(11-4-3-5-12(16)8-11)13(19)18-7-6-15(2,9-18)14(17)20/h3-5,8,10H,6-7,9,16H2,1-2H3,(H2,17,20). The summed E-state index contributed by atoms with van der Waals surface area (Å²) in [4.78, 5) is 25.7. The molecule has 5 nitrogen and oxygen atoms in total. The van der Waals surface area contributed by atoms with Crippen LogP contribution >= 0.6 is 0 Å². The van der Waals surface area contributed by atoms with Crippen molar-refractivity contribution < 1.29 is 9.59 Å². The second kappa shape index (κ2) is 5.15. The number of hydrogen-bond acceptors (Lipinski definition) is 3. The molecular formula is C15H21N3O2. The number of likely N-dealkylation sites (tertiary alicyclic amines) is 1. The summed E-state index contributed by atoms with van der Waals surface area (Å²) in [6, 6.07) is 7.33. The minimum Gasteiger partial charge on any atom is -0.399 e. The van der Waals surface area contributed by atoms with E-state index in [2.05, 4.69) is 0 Å². The molecule has 4 N–H and O–H groups in total. The van der Waals surface area contributed by atoms with Gasteiger partial charge in [-0.3, -0.25) is 9.59 Å². The van der Waals surface area contributed by atoms with Crippen LogP contribution in [0.25, 0.3) is 0 Å². The average Bonchev–Trinajstić information content (AvgIpc) is 2.81. The number of carbonyl (C=O) groups excluding carboxylic acids is 2. The highest BCUT2D eigenvalue weighted by molar-refractivity contribution is 5.86. The Bertz CT molecular complexity index is 544. The summed E-state index contributed by atoms with van der Waals surface area (Å²) in [5.41, 5.74) is 12.1. The van der Waals surface area contributed by atoms with Crippen LogP contribution in [0.4, 0.5) is 5.69 Å². The molecule has 5 heteroatoms. The van der Waals surface area contributed by atoms with Gasteiger partial charge in [0.25, 0.3) is 0 Å². The number of primary amides is 1. The quantitative estimate of drug-likeness (QED) is 0.809. The van der Waals surface area contributed by atoms with E-state index in [1.54, 1.807) is 11.0 Å². The number of hydrogen-bond donors (Lipinski definition) is 2. The van der Waals surface area contributed by atoms with Crippen molar-refractivity contribution in [3.63, 3.8) is 0 Å². The van der Waals surface area contributed by atoms with Crippen molar-refractivity contribution in [3.05, 3.63) is 29.8 Å². The topological polar surface area (TPSA) is 89.4 Å². The predicted octanol–water partition coefficient (Wildman–Crippen LogP) is 1.10. The third-order valence-corrected chi connectivity index (χ3v) is 4.16. The molecule has 1 aliphatic heterocycles. The number of benzene rings is 1. The lowest BCUT2D eigenvalue weighted by molar-refractivity contribution is -0.132. The van der Waals surface area contributed by atoms with Gasteiger partial charge in [-0.25, -0.2) is 0 Å². The van der Waals surface area contributed by atoms with Gasteiger partial charge in [0.1, 0.15) is 0 Å². The highest BCUT2D eigenvalue weighted by atomic mass is 16.2. The van der Waals surface area contributed by atoms with Crippen LogP contribution in [-0.4, -0.2) is 29.8 Å². The Kier molecular flexibility index (Phi) is 3.70. The van der Waals surface area contributed by atoms with Crippen molar-refractivity contribution in [2.24, 2.45) is 11.1 Å². The summed E-state index contributed by atoms with van der Waals surface area (Å²) >= 11 is 0. The molecule has 0 aromatic heterocycles. The molecule has 20 heavy (non-hydrogen) atoms. The van der Waals surface area contributed by atoms with Crippen molar-refractivity contribution in [1.29, 1.82) is 0 Å². The first-order valence-corrected chi connectivity index (χ1v) is 6.77. The molecule has 1 saturated heterocycles. The lowest BCUT2D eigenvalue weighted by atomic mass is 9.89. The highest BCUT2D eigenvalue weighted by Gasteiger charge is 2.41. The number of anilines is 1. The maximum absolute atomic E-state index is 12.5. The fraction of sp³-hybridized carbons (Fsp3) is 0.467. The van der Waals surface area contributed by atoms with Crippen LogP contribution in [0.2, 0.25) is 0 Å². The number of nitrogens with zero attached hydrogens (tertiary/aromatic N) is 1. The predicted molar refractivity (Wildman–Crippen MR) is 77.8 cm³/mol. The van der Waals surface area contributed by atoms with Crippen LogP contribution < -0.4 is 11.5 Å². The number of rotatable bonds is 3. The van der Waals surface area contributed by atoms with E-state index in [0.29, 0.717) is 25.2 Å². The van der Waals surface area contributed by atoms with Crippen LogP contribution in [0, 0.1) is 5.41 Å². The van der Waals surface area contributed by atoms with Gasteiger partial charge in [0.05, 0.1) is 11.3 Å². The van der Waals surface area contributed by atoms with E-state index >= 15 is 0 Å². The zero-order valence-corrected chi connectivity index (χ0v) is 11.9. The summed E-state index contributed by atoms with van der Waals surface area (Å²) in [6.07, 6.45) is 0.623. The van der Waals surface area contributed by atoms with Crippen LogP contribution in [0.3, 0.4) is 0 Å². The second-order valence-corrected chi connectivity index (χ2v) is 5.83. The van der Waals surface area contributed by atoms with Gasteiger partial charge < -0.3 is 16.4 Å². The molecule has 1 aromatic carbocycles. The van der Waals surface area contributed by atoms with E-state index in [1.807, 2.05) is 32.0 Å². The summed E-state index contributed by atoms with van der Waals surface area (Å²) < 4.78 is 0. The van der Waals surface area contributed by atoms with Gasteiger partial charge in [0.2, 0.25) is 11.8 Å². The molecule has 1 fully saturated rings. The Labute approximate surface area is 118 Å². The Hall–Kier alpha value is -2.04. The minimum absolute atomic E-state index is 0.0144. The fourth-order valence-electron chi connectivity index (χ4n) is 2.60. The van der Waals surface area contributed by atoms with Gasteiger partial charge in [-0.05, 0) is 38.0 Å². The van der Waals surface area contributed by atoms with Crippen molar-refractivity contribution in [2.45, 2.75) is 26.2 Å². The Morgan fingerprint density at radius 3 is 2.65 bits per heavy atom. The molecule has 2 atom stereocenters. The minimum atomic E-state index is -0.606. The van der Waals surface area contributed by atoms with Crippen LogP contribution in [0.5, 0.6) is 0 Å². The zero-order chi connectivity index (χ0) is 14.9. The zero-order valence-electron chi connectivity index (χ0n) is 11.9. The van der Waals surface area contributed by atoms with Crippen LogP contribution in [-0.2, 0) is 9.59 Å². The SMILES string of the molecule is CC(C(=O)N1CCC(C)(C(N)=O)C1)c1cccc(N)c1. The van der Waals surface area contributed by atoms with E-state index in [1.165, 1.54) is 0 Å². The summed E-state index contributed by atoms with van der Waals surface area (Å²) in [5, 5.41) is 0. The molecule has 1 aliphatic rings. The summed E-state index contributed by atoms with van der Waals surface area (Å²) in [5.74, 6) is -0.598. The molecule has 1 aromatic rings. The highest BCUT2D eigenvalue weighted by Crippen LogP contribution is 2.31. The van der Waals surface area contributed by atoms with Gasteiger partial charge in [-0.2, -0.15) is 0 Å². The number of carbonyl (C=O) groups is 2. The molecule has 2 unspecified atom stereocenters. The van der Waals surface area contributed by atoms with Crippen molar-refractivity contribution >= 4 is 17.5 Å². The fourth-order valence-corrected chi connectivity index (χ4v) is 2.60. The molecule has 0 aliphatic carbocycles. The maximum atomic E-state index is 12.5. The van der Waals surface area contributed by atoms with E-state index in [9.17, 15) is 9.59 Å².